The number of rotatable bonds is 7. The number of carbonyl (C=O) groups excluding carboxylic acids is 1. The highest BCUT2D eigenvalue weighted by atomic mass is 16.1. The molecule has 2 aromatic rings. The number of Topliss-reactive ketones (excluding diaryl/α,β-unsaturated/α-hetero) is 1. The lowest BCUT2D eigenvalue weighted by atomic mass is 10.0. The van der Waals surface area contributed by atoms with Gasteiger partial charge < -0.3 is 10.3 Å². The summed E-state index contributed by atoms with van der Waals surface area (Å²) in [5.74, 6) is 0.555. The maximum atomic E-state index is 11.5. The summed E-state index contributed by atoms with van der Waals surface area (Å²) in [5.41, 5.74) is 7.12. The molecule has 2 aromatic heterocycles. The van der Waals surface area contributed by atoms with Gasteiger partial charge in [-0.1, -0.05) is 26.2 Å². The number of carbonyl (C=O) groups is 1. The van der Waals surface area contributed by atoms with E-state index in [1.54, 1.807) is 13.3 Å². The number of fused-ring (bicyclic) bond motifs is 1. The summed E-state index contributed by atoms with van der Waals surface area (Å²) in [6.07, 6.45) is 8.02. The Bertz CT molecular complexity index is 592. The van der Waals surface area contributed by atoms with E-state index in [0.29, 0.717) is 23.4 Å². The molecule has 0 bridgehead atoms. The van der Waals surface area contributed by atoms with E-state index in [-0.39, 0.29) is 11.8 Å². The zero-order chi connectivity index (χ0) is 14.5. The van der Waals surface area contributed by atoms with E-state index >= 15 is 0 Å². The van der Waals surface area contributed by atoms with Gasteiger partial charge in [0.2, 0.25) is 0 Å². The first-order chi connectivity index (χ1) is 9.63. The van der Waals surface area contributed by atoms with Crippen molar-refractivity contribution in [2.45, 2.75) is 52.0 Å². The molecule has 0 aliphatic heterocycles. The van der Waals surface area contributed by atoms with Crippen molar-refractivity contribution in [1.29, 1.82) is 0 Å². The molecule has 2 heterocycles. The normalized spacial score (nSPS) is 12.7. The quantitative estimate of drug-likeness (QED) is 0.784. The van der Waals surface area contributed by atoms with Crippen LogP contribution in [-0.4, -0.2) is 25.3 Å². The second-order valence-electron chi connectivity index (χ2n) is 5.14. The van der Waals surface area contributed by atoms with Gasteiger partial charge in [0, 0.05) is 12.5 Å². The van der Waals surface area contributed by atoms with Crippen LogP contribution in [-0.2, 0) is 4.79 Å². The molecular weight excluding hydrogens is 254 g/mol. The van der Waals surface area contributed by atoms with E-state index in [2.05, 4.69) is 21.9 Å². The van der Waals surface area contributed by atoms with Gasteiger partial charge in [-0.25, -0.2) is 15.0 Å². The molecule has 2 rings (SSSR count). The monoisotopic (exact) mass is 275 g/mol. The maximum absolute atomic E-state index is 11.5. The summed E-state index contributed by atoms with van der Waals surface area (Å²) >= 11 is 0. The van der Waals surface area contributed by atoms with Crippen molar-refractivity contribution in [1.82, 2.24) is 19.5 Å². The van der Waals surface area contributed by atoms with Crippen LogP contribution in [0.5, 0.6) is 0 Å². The molecule has 1 unspecified atom stereocenters. The number of hydrogen-bond acceptors (Lipinski definition) is 5. The Labute approximate surface area is 118 Å². The smallest absolute Gasteiger partial charge is 0.165 e. The second-order valence-corrected chi connectivity index (χ2v) is 5.14. The zero-order valence-corrected chi connectivity index (χ0v) is 12.0. The Morgan fingerprint density at radius 1 is 1.35 bits per heavy atom. The molecule has 108 valence electrons. The van der Waals surface area contributed by atoms with Gasteiger partial charge in [0.05, 0.1) is 6.33 Å². The van der Waals surface area contributed by atoms with Gasteiger partial charge in [-0.3, -0.25) is 4.79 Å². The lowest BCUT2D eigenvalue weighted by Gasteiger charge is -2.17. The van der Waals surface area contributed by atoms with Gasteiger partial charge in [0.1, 0.15) is 17.6 Å². The molecule has 20 heavy (non-hydrogen) atoms. The van der Waals surface area contributed by atoms with Crippen molar-refractivity contribution in [2.24, 2.45) is 0 Å². The van der Waals surface area contributed by atoms with Gasteiger partial charge in [-0.05, 0) is 13.3 Å². The number of nitrogen functional groups attached to an aromatic ring is 1. The number of nitrogens with zero attached hydrogens (tertiary/aromatic N) is 4. The predicted molar refractivity (Wildman–Crippen MR) is 78.2 cm³/mol. The summed E-state index contributed by atoms with van der Waals surface area (Å²) in [6, 6.07) is 0.0957. The summed E-state index contributed by atoms with van der Waals surface area (Å²) in [7, 11) is 0. The molecule has 6 nitrogen and oxygen atoms in total. The lowest BCUT2D eigenvalue weighted by molar-refractivity contribution is -0.117. The van der Waals surface area contributed by atoms with Crippen molar-refractivity contribution in [3.8, 4) is 0 Å². The lowest BCUT2D eigenvalue weighted by Crippen LogP contribution is -2.12. The topological polar surface area (TPSA) is 86.7 Å². The summed E-state index contributed by atoms with van der Waals surface area (Å²) in [6.45, 7) is 3.79. The maximum Gasteiger partial charge on any atom is 0.165 e. The van der Waals surface area contributed by atoms with Crippen LogP contribution in [0.1, 0.15) is 52.0 Å². The van der Waals surface area contributed by atoms with Gasteiger partial charge in [-0.15, -0.1) is 0 Å². The van der Waals surface area contributed by atoms with E-state index in [1.165, 1.54) is 6.33 Å². The van der Waals surface area contributed by atoms with E-state index < -0.39 is 0 Å². The van der Waals surface area contributed by atoms with Crippen LogP contribution >= 0.6 is 0 Å². The number of anilines is 1. The van der Waals surface area contributed by atoms with Crippen LogP contribution in [0, 0.1) is 0 Å². The predicted octanol–water partition coefficient (Wildman–Crippen LogP) is 2.51. The fourth-order valence-corrected chi connectivity index (χ4v) is 2.44. The number of imidazole rings is 1. The largest absolute Gasteiger partial charge is 0.382 e. The highest BCUT2D eigenvalue weighted by Gasteiger charge is 2.17. The molecular formula is C14H21N5O. The van der Waals surface area contributed by atoms with Crippen molar-refractivity contribution in [3.05, 3.63) is 12.7 Å². The van der Waals surface area contributed by atoms with E-state index in [0.717, 1.165) is 25.7 Å². The minimum atomic E-state index is 0.0957. The van der Waals surface area contributed by atoms with E-state index in [4.69, 9.17) is 5.73 Å². The Morgan fingerprint density at radius 3 is 2.85 bits per heavy atom. The van der Waals surface area contributed by atoms with Crippen LogP contribution in [0.2, 0.25) is 0 Å². The highest BCUT2D eigenvalue weighted by molar-refractivity contribution is 5.81. The molecule has 2 N–H and O–H groups in total. The molecule has 1 atom stereocenters. The molecule has 0 aromatic carbocycles. The Kier molecular flexibility index (Phi) is 4.65. The summed E-state index contributed by atoms with van der Waals surface area (Å²) in [5, 5.41) is 0. The minimum absolute atomic E-state index is 0.0957. The SMILES string of the molecule is CCCCCC(CC(C)=O)n1cnc2c(N)ncnc21. The van der Waals surface area contributed by atoms with Crippen LogP contribution < -0.4 is 5.73 Å². The van der Waals surface area contributed by atoms with E-state index in [1.807, 2.05) is 4.57 Å². The number of aromatic nitrogens is 4. The van der Waals surface area contributed by atoms with Gasteiger partial charge in [0.25, 0.3) is 0 Å². The third kappa shape index (κ3) is 3.12. The van der Waals surface area contributed by atoms with Crippen LogP contribution in [0.15, 0.2) is 12.7 Å². The fraction of sp³-hybridized carbons (Fsp3) is 0.571. The number of nitrogens with two attached hydrogens (primary N) is 1. The molecule has 6 heteroatoms. The van der Waals surface area contributed by atoms with Crippen LogP contribution in [0.25, 0.3) is 11.2 Å². The van der Waals surface area contributed by atoms with Crippen molar-refractivity contribution in [3.63, 3.8) is 0 Å². The number of unbranched alkanes of at least 4 members (excludes halogenated alkanes) is 2. The zero-order valence-electron chi connectivity index (χ0n) is 12.0. The van der Waals surface area contributed by atoms with Crippen LogP contribution in [0.4, 0.5) is 5.82 Å². The summed E-state index contributed by atoms with van der Waals surface area (Å²) in [4.78, 5) is 24.0. The standard InChI is InChI=1S/C14H21N5O/c1-3-4-5-6-11(7-10(2)20)19-9-18-12-13(15)16-8-17-14(12)19/h8-9,11H,3-7H2,1-2H3,(H2,15,16,17). The average Bonchev–Trinajstić information content (AvgIpc) is 2.83. The first kappa shape index (κ1) is 14.4. The molecule has 0 amide bonds. The molecule has 0 aliphatic rings. The van der Waals surface area contributed by atoms with Gasteiger partial charge in [0.15, 0.2) is 11.5 Å². The summed E-state index contributed by atoms with van der Waals surface area (Å²) < 4.78 is 1.96. The highest BCUT2D eigenvalue weighted by Crippen LogP contribution is 2.25. The second kappa shape index (κ2) is 6.45. The molecule has 0 spiro atoms. The van der Waals surface area contributed by atoms with Gasteiger partial charge in [-0.2, -0.15) is 0 Å². The van der Waals surface area contributed by atoms with Crippen molar-refractivity contribution < 1.29 is 4.79 Å². The van der Waals surface area contributed by atoms with Crippen LogP contribution in [0.3, 0.4) is 0 Å². The van der Waals surface area contributed by atoms with E-state index in [9.17, 15) is 4.79 Å². The first-order valence-corrected chi connectivity index (χ1v) is 7.06. The minimum Gasteiger partial charge on any atom is -0.382 e. The number of ketones is 1. The molecule has 0 fully saturated rings. The Morgan fingerprint density at radius 2 is 2.15 bits per heavy atom. The molecule has 0 saturated carbocycles. The van der Waals surface area contributed by atoms with Gasteiger partial charge >= 0.3 is 0 Å². The Hall–Kier alpha value is -1.98. The number of hydrogen-bond donors (Lipinski definition) is 1. The van der Waals surface area contributed by atoms with Crippen molar-refractivity contribution in [2.75, 3.05) is 5.73 Å². The molecule has 0 aliphatic carbocycles. The van der Waals surface area contributed by atoms with Crippen molar-refractivity contribution >= 4 is 22.8 Å². The third-order valence-corrected chi connectivity index (χ3v) is 3.44. The molecule has 0 radical (unpaired) electrons. The fourth-order valence-electron chi connectivity index (χ4n) is 2.44. The third-order valence-electron chi connectivity index (χ3n) is 3.44. The average molecular weight is 275 g/mol. The molecule has 0 saturated heterocycles. The Balaban J connectivity index is 2.30. The first-order valence-electron chi connectivity index (χ1n) is 7.06.